The highest BCUT2D eigenvalue weighted by atomic mass is 16.3. The summed E-state index contributed by atoms with van der Waals surface area (Å²) in [4.78, 5) is 2.35. The summed E-state index contributed by atoms with van der Waals surface area (Å²) in [6.07, 6.45) is 2.71. The van der Waals surface area contributed by atoms with E-state index in [9.17, 15) is 5.11 Å². The van der Waals surface area contributed by atoms with Gasteiger partial charge in [0.25, 0.3) is 0 Å². The lowest BCUT2D eigenvalue weighted by Crippen LogP contribution is -2.54. The molecule has 0 amide bonds. The zero-order valence-electron chi connectivity index (χ0n) is 12.7. The first-order valence-electron chi connectivity index (χ1n) is 7.45. The van der Waals surface area contributed by atoms with Crippen molar-refractivity contribution in [2.45, 2.75) is 51.7 Å². The van der Waals surface area contributed by atoms with Gasteiger partial charge in [-0.05, 0) is 43.9 Å². The average Bonchev–Trinajstić information content (AvgIpc) is 2.37. The zero-order chi connectivity index (χ0) is 14.0. The highest BCUT2D eigenvalue weighted by Crippen LogP contribution is 2.33. The Balaban J connectivity index is 2.11. The molecule has 1 aliphatic rings. The number of hydrogen-bond donors (Lipinski definition) is 1. The molecule has 0 saturated carbocycles. The molecule has 106 valence electrons. The first-order valence-corrected chi connectivity index (χ1v) is 7.45. The quantitative estimate of drug-likeness (QED) is 0.904. The van der Waals surface area contributed by atoms with E-state index in [0.717, 1.165) is 25.8 Å². The van der Waals surface area contributed by atoms with Crippen molar-refractivity contribution in [3.63, 3.8) is 0 Å². The van der Waals surface area contributed by atoms with Crippen LogP contribution in [0.15, 0.2) is 24.3 Å². The van der Waals surface area contributed by atoms with Gasteiger partial charge in [-0.25, -0.2) is 0 Å². The molecule has 1 aromatic carbocycles. The molecular formula is C17H27NO. The zero-order valence-corrected chi connectivity index (χ0v) is 12.7. The SMILES string of the molecule is CCc1ccc(C[C@@]2(O)C[C@H](C)N(C)C[C@@H]2C)cc1. The third kappa shape index (κ3) is 3.18. The minimum absolute atomic E-state index is 0.319. The summed E-state index contributed by atoms with van der Waals surface area (Å²) in [5.41, 5.74) is 2.06. The average molecular weight is 261 g/mol. The van der Waals surface area contributed by atoms with Gasteiger partial charge in [0.05, 0.1) is 5.60 Å². The Morgan fingerprint density at radius 3 is 2.37 bits per heavy atom. The molecule has 0 unspecified atom stereocenters. The van der Waals surface area contributed by atoms with Crippen molar-refractivity contribution in [3.8, 4) is 0 Å². The first-order chi connectivity index (χ1) is 8.94. The van der Waals surface area contributed by atoms with E-state index in [0.29, 0.717) is 12.0 Å². The second kappa shape index (κ2) is 5.64. The van der Waals surface area contributed by atoms with E-state index in [-0.39, 0.29) is 0 Å². The van der Waals surface area contributed by atoms with Crippen LogP contribution in [0.3, 0.4) is 0 Å². The Morgan fingerprint density at radius 1 is 1.21 bits per heavy atom. The third-order valence-corrected chi connectivity index (χ3v) is 4.82. The van der Waals surface area contributed by atoms with Gasteiger partial charge in [-0.2, -0.15) is 0 Å². The summed E-state index contributed by atoms with van der Waals surface area (Å²) in [6, 6.07) is 9.17. The largest absolute Gasteiger partial charge is 0.389 e. The number of nitrogens with zero attached hydrogens (tertiary/aromatic N) is 1. The molecule has 0 bridgehead atoms. The van der Waals surface area contributed by atoms with E-state index >= 15 is 0 Å². The lowest BCUT2D eigenvalue weighted by Gasteiger charge is -2.46. The van der Waals surface area contributed by atoms with Crippen molar-refractivity contribution in [2.24, 2.45) is 5.92 Å². The fourth-order valence-corrected chi connectivity index (χ4v) is 3.14. The van der Waals surface area contributed by atoms with Crippen LogP contribution in [0.25, 0.3) is 0 Å². The number of rotatable bonds is 3. The summed E-state index contributed by atoms with van der Waals surface area (Å²) >= 11 is 0. The molecule has 0 aliphatic carbocycles. The van der Waals surface area contributed by atoms with Crippen LogP contribution in [-0.4, -0.2) is 35.2 Å². The van der Waals surface area contributed by atoms with E-state index in [1.807, 2.05) is 0 Å². The molecule has 1 heterocycles. The summed E-state index contributed by atoms with van der Waals surface area (Å²) in [5.74, 6) is 0.319. The van der Waals surface area contributed by atoms with Crippen molar-refractivity contribution >= 4 is 0 Å². The van der Waals surface area contributed by atoms with Gasteiger partial charge in [0.1, 0.15) is 0 Å². The third-order valence-electron chi connectivity index (χ3n) is 4.82. The van der Waals surface area contributed by atoms with Gasteiger partial charge in [0, 0.05) is 19.0 Å². The molecule has 0 aromatic heterocycles. The molecule has 0 radical (unpaired) electrons. The number of piperidine rings is 1. The highest BCUT2D eigenvalue weighted by molar-refractivity contribution is 5.24. The van der Waals surface area contributed by atoms with Gasteiger partial charge in [0.15, 0.2) is 0 Å². The van der Waals surface area contributed by atoms with Gasteiger partial charge in [-0.15, -0.1) is 0 Å². The van der Waals surface area contributed by atoms with E-state index < -0.39 is 5.60 Å². The fraction of sp³-hybridized carbons (Fsp3) is 0.647. The van der Waals surface area contributed by atoms with Crippen LogP contribution >= 0.6 is 0 Å². The highest BCUT2D eigenvalue weighted by Gasteiger charge is 2.40. The molecule has 1 aromatic rings. The number of aliphatic hydroxyl groups is 1. The predicted octanol–water partition coefficient (Wildman–Crippen LogP) is 2.88. The predicted molar refractivity (Wildman–Crippen MR) is 80.3 cm³/mol. The number of likely N-dealkylation sites (tertiary alicyclic amines) is 1. The Hall–Kier alpha value is -0.860. The Morgan fingerprint density at radius 2 is 1.79 bits per heavy atom. The molecule has 1 aliphatic heterocycles. The summed E-state index contributed by atoms with van der Waals surface area (Å²) in [5, 5.41) is 11.0. The van der Waals surface area contributed by atoms with Crippen LogP contribution in [0.2, 0.25) is 0 Å². The Bertz CT molecular complexity index is 414. The normalized spacial score (nSPS) is 32.5. The van der Waals surface area contributed by atoms with Gasteiger partial charge >= 0.3 is 0 Å². The molecule has 2 rings (SSSR count). The smallest absolute Gasteiger partial charge is 0.0740 e. The monoisotopic (exact) mass is 261 g/mol. The molecule has 0 spiro atoms. The van der Waals surface area contributed by atoms with Crippen molar-refractivity contribution in [1.82, 2.24) is 4.90 Å². The topological polar surface area (TPSA) is 23.5 Å². The van der Waals surface area contributed by atoms with Gasteiger partial charge in [-0.1, -0.05) is 38.1 Å². The fourth-order valence-electron chi connectivity index (χ4n) is 3.14. The van der Waals surface area contributed by atoms with Crippen LogP contribution in [0.4, 0.5) is 0 Å². The van der Waals surface area contributed by atoms with Gasteiger partial charge < -0.3 is 10.0 Å². The molecule has 3 atom stereocenters. The standard InChI is InChI=1S/C17H27NO/c1-5-15-6-8-16(9-7-15)11-17(19)10-14(3)18(4)12-13(17)2/h6-9,13-14,19H,5,10-12H2,1-4H3/t13-,14-,17-/m0/s1. The molecule has 1 N–H and O–H groups in total. The molecule has 1 saturated heterocycles. The van der Waals surface area contributed by atoms with Crippen LogP contribution in [0.5, 0.6) is 0 Å². The molecule has 19 heavy (non-hydrogen) atoms. The van der Waals surface area contributed by atoms with Crippen LogP contribution in [0.1, 0.15) is 38.3 Å². The van der Waals surface area contributed by atoms with Crippen molar-refractivity contribution in [1.29, 1.82) is 0 Å². The molecule has 1 fully saturated rings. The molecule has 2 nitrogen and oxygen atoms in total. The second-order valence-electron chi connectivity index (χ2n) is 6.34. The minimum Gasteiger partial charge on any atom is -0.389 e. The maximum Gasteiger partial charge on any atom is 0.0740 e. The Labute approximate surface area is 117 Å². The maximum absolute atomic E-state index is 11.0. The summed E-state index contributed by atoms with van der Waals surface area (Å²) in [6.45, 7) is 7.52. The lowest BCUT2D eigenvalue weighted by molar-refractivity contribution is -0.0778. The van der Waals surface area contributed by atoms with Crippen LogP contribution in [-0.2, 0) is 12.8 Å². The van der Waals surface area contributed by atoms with Crippen molar-refractivity contribution in [3.05, 3.63) is 35.4 Å². The van der Waals surface area contributed by atoms with Crippen molar-refractivity contribution in [2.75, 3.05) is 13.6 Å². The van der Waals surface area contributed by atoms with E-state index in [1.165, 1.54) is 11.1 Å². The lowest BCUT2D eigenvalue weighted by atomic mass is 9.75. The van der Waals surface area contributed by atoms with Gasteiger partial charge in [0.2, 0.25) is 0 Å². The Kier molecular flexibility index (Phi) is 4.32. The van der Waals surface area contributed by atoms with E-state index in [4.69, 9.17) is 0 Å². The van der Waals surface area contributed by atoms with Crippen molar-refractivity contribution < 1.29 is 5.11 Å². The maximum atomic E-state index is 11.0. The number of hydrogen-bond acceptors (Lipinski definition) is 2. The summed E-state index contributed by atoms with van der Waals surface area (Å²) in [7, 11) is 2.15. The number of benzene rings is 1. The molecule has 2 heteroatoms. The van der Waals surface area contributed by atoms with Crippen LogP contribution < -0.4 is 0 Å². The van der Waals surface area contributed by atoms with Crippen LogP contribution in [0, 0.1) is 5.92 Å². The summed E-state index contributed by atoms with van der Waals surface area (Å²) < 4.78 is 0. The minimum atomic E-state index is -0.556. The number of aryl methyl sites for hydroxylation is 1. The molecular weight excluding hydrogens is 234 g/mol. The first kappa shape index (κ1) is 14.5. The van der Waals surface area contributed by atoms with E-state index in [2.05, 4.69) is 57.0 Å². The van der Waals surface area contributed by atoms with Gasteiger partial charge in [-0.3, -0.25) is 0 Å². The van der Waals surface area contributed by atoms with E-state index in [1.54, 1.807) is 0 Å². The second-order valence-corrected chi connectivity index (χ2v) is 6.34.